The van der Waals surface area contributed by atoms with Gasteiger partial charge in [0.1, 0.15) is 4.91 Å². The van der Waals surface area contributed by atoms with Crippen LogP contribution >= 0.6 is 23.5 Å². The standard InChI is InChI=1S/C9H14N4O3S2/c1-5-6(7(14)16-2)18-9(11-3-4-17-9)13(5)12-8(10)15/h11H,3-4H2,1-2H3,(H3,10,12,15). The second kappa shape index (κ2) is 4.90. The Morgan fingerprint density at radius 1 is 1.61 bits per heavy atom. The molecule has 0 aromatic rings. The number of amides is 2. The molecule has 9 heteroatoms. The third-order valence-corrected chi connectivity index (χ3v) is 5.54. The summed E-state index contributed by atoms with van der Waals surface area (Å²) >= 11 is 2.92. The van der Waals surface area contributed by atoms with E-state index in [2.05, 4.69) is 10.7 Å². The fourth-order valence-corrected chi connectivity index (χ4v) is 4.65. The molecule has 0 bridgehead atoms. The Kier molecular flexibility index (Phi) is 3.64. The summed E-state index contributed by atoms with van der Waals surface area (Å²) in [6, 6.07) is -0.672. The quantitative estimate of drug-likeness (QED) is 0.614. The van der Waals surface area contributed by atoms with Crippen molar-refractivity contribution in [3.8, 4) is 0 Å². The van der Waals surface area contributed by atoms with Crippen molar-refractivity contribution in [1.82, 2.24) is 15.8 Å². The van der Waals surface area contributed by atoms with Gasteiger partial charge in [-0.2, -0.15) is 0 Å². The summed E-state index contributed by atoms with van der Waals surface area (Å²) < 4.78 is 4.13. The van der Waals surface area contributed by atoms with Gasteiger partial charge in [-0.05, 0) is 6.92 Å². The van der Waals surface area contributed by atoms with Gasteiger partial charge in [-0.25, -0.2) is 20.0 Å². The first-order valence-electron chi connectivity index (χ1n) is 5.23. The maximum absolute atomic E-state index is 11.7. The molecule has 2 heterocycles. The lowest BCUT2D eigenvalue weighted by Gasteiger charge is -2.35. The molecule has 7 nitrogen and oxygen atoms in total. The van der Waals surface area contributed by atoms with Gasteiger partial charge in [0.25, 0.3) is 0 Å². The van der Waals surface area contributed by atoms with Crippen molar-refractivity contribution >= 4 is 35.5 Å². The first-order valence-corrected chi connectivity index (χ1v) is 7.04. The summed E-state index contributed by atoms with van der Waals surface area (Å²) in [7, 11) is 1.33. The number of thioether (sulfide) groups is 2. The number of esters is 1. The Morgan fingerprint density at radius 3 is 2.83 bits per heavy atom. The van der Waals surface area contributed by atoms with E-state index >= 15 is 0 Å². The van der Waals surface area contributed by atoms with Crippen molar-refractivity contribution in [2.75, 3.05) is 19.4 Å². The van der Waals surface area contributed by atoms with Gasteiger partial charge in [-0.1, -0.05) is 11.8 Å². The highest BCUT2D eigenvalue weighted by atomic mass is 32.2. The summed E-state index contributed by atoms with van der Waals surface area (Å²) in [5, 5.41) is 4.85. The number of hydrazine groups is 1. The van der Waals surface area contributed by atoms with E-state index in [1.54, 1.807) is 23.7 Å². The lowest BCUT2D eigenvalue weighted by Crippen LogP contribution is -2.56. The molecular weight excluding hydrogens is 276 g/mol. The Bertz CT molecular complexity index is 420. The number of carbonyl (C=O) groups excluding carboxylic acids is 2. The molecule has 18 heavy (non-hydrogen) atoms. The van der Waals surface area contributed by atoms with Crippen LogP contribution in [0.2, 0.25) is 0 Å². The largest absolute Gasteiger partial charge is 0.465 e. The number of nitrogens with two attached hydrogens (primary N) is 1. The van der Waals surface area contributed by atoms with E-state index < -0.39 is 16.3 Å². The first kappa shape index (κ1) is 13.4. The van der Waals surface area contributed by atoms with Gasteiger partial charge >= 0.3 is 12.0 Å². The molecule has 2 aliphatic rings. The molecule has 0 aromatic carbocycles. The molecular formula is C9H14N4O3S2. The summed E-state index contributed by atoms with van der Waals surface area (Å²) in [4.78, 5) is 23.2. The minimum Gasteiger partial charge on any atom is -0.465 e. The molecule has 2 amide bonds. The maximum atomic E-state index is 11.7. The fraction of sp³-hybridized carbons (Fsp3) is 0.556. The molecule has 100 valence electrons. The van der Waals surface area contributed by atoms with Crippen molar-refractivity contribution in [2.24, 2.45) is 5.73 Å². The van der Waals surface area contributed by atoms with E-state index in [1.807, 2.05) is 0 Å². The monoisotopic (exact) mass is 290 g/mol. The summed E-state index contributed by atoms with van der Waals surface area (Å²) in [6.07, 6.45) is 0. The second-order valence-corrected chi connectivity index (χ2v) is 6.43. The highest BCUT2D eigenvalue weighted by Gasteiger charge is 2.50. The Labute approximate surface area is 113 Å². The third-order valence-electron chi connectivity index (χ3n) is 2.54. The molecule has 4 N–H and O–H groups in total. The number of nitrogens with zero attached hydrogens (tertiary/aromatic N) is 1. The number of allylic oxidation sites excluding steroid dienone is 1. The smallest absolute Gasteiger partial charge is 0.346 e. The first-order chi connectivity index (χ1) is 8.50. The molecule has 1 spiro atoms. The van der Waals surface area contributed by atoms with Crippen LogP contribution in [0.4, 0.5) is 4.79 Å². The topological polar surface area (TPSA) is 96.7 Å². The number of hydrogen-bond acceptors (Lipinski definition) is 7. The van der Waals surface area contributed by atoms with Crippen LogP contribution in [0.1, 0.15) is 6.92 Å². The zero-order chi connectivity index (χ0) is 13.3. The van der Waals surface area contributed by atoms with Crippen molar-refractivity contribution in [2.45, 2.75) is 11.3 Å². The van der Waals surface area contributed by atoms with Crippen LogP contribution in [0.5, 0.6) is 0 Å². The van der Waals surface area contributed by atoms with Crippen LogP contribution in [0.25, 0.3) is 0 Å². The van der Waals surface area contributed by atoms with Gasteiger partial charge in [0, 0.05) is 12.3 Å². The normalized spacial score (nSPS) is 26.9. The number of methoxy groups -OCH3 is 1. The van der Waals surface area contributed by atoms with Gasteiger partial charge in [-0.15, -0.1) is 11.8 Å². The molecule has 0 radical (unpaired) electrons. The lowest BCUT2D eigenvalue weighted by atomic mass is 10.4. The Balaban J connectivity index is 2.31. The van der Waals surface area contributed by atoms with E-state index in [0.29, 0.717) is 10.6 Å². The van der Waals surface area contributed by atoms with E-state index in [-0.39, 0.29) is 0 Å². The average molecular weight is 290 g/mol. The minimum absolute atomic E-state index is 0.417. The second-order valence-electron chi connectivity index (χ2n) is 3.68. The summed E-state index contributed by atoms with van der Waals surface area (Å²) in [5.74, 6) is 0.464. The SMILES string of the molecule is COC(=O)C1=C(C)N(NC(N)=O)C2(NCCS2)S1. The summed E-state index contributed by atoms with van der Waals surface area (Å²) in [5.41, 5.74) is 8.32. The van der Waals surface area contributed by atoms with Gasteiger partial charge < -0.3 is 10.5 Å². The number of ether oxygens (including phenoxy) is 1. The van der Waals surface area contributed by atoms with Crippen LogP contribution < -0.4 is 16.5 Å². The highest BCUT2D eigenvalue weighted by molar-refractivity contribution is 8.20. The maximum Gasteiger partial charge on any atom is 0.346 e. The van der Waals surface area contributed by atoms with Crippen molar-refractivity contribution in [3.63, 3.8) is 0 Å². The van der Waals surface area contributed by atoms with Gasteiger partial charge in [-0.3, -0.25) is 5.32 Å². The minimum atomic E-state index is -0.672. The van der Waals surface area contributed by atoms with Crippen LogP contribution in [0.15, 0.2) is 10.6 Å². The Hall–Kier alpha value is -1.06. The zero-order valence-electron chi connectivity index (χ0n) is 9.98. The van der Waals surface area contributed by atoms with E-state index in [1.165, 1.54) is 18.9 Å². The number of rotatable bonds is 2. The molecule has 1 fully saturated rings. The highest BCUT2D eigenvalue weighted by Crippen LogP contribution is 2.51. The molecule has 1 unspecified atom stereocenters. The van der Waals surface area contributed by atoms with Crippen LogP contribution in [-0.4, -0.2) is 40.7 Å². The number of primary amides is 1. The molecule has 2 rings (SSSR count). The average Bonchev–Trinajstić information content (AvgIpc) is 2.89. The fourth-order valence-electron chi connectivity index (χ4n) is 1.79. The molecule has 0 aliphatic carbocycles. The van der Waals surface area contributed by atoms with Gasteiger partial charge in [0.05, 0.1) is 12.8 Å². The predicted molar refractivity (Wildman–Crippen MR) is 70.1 cm³/mol. The van der Waals surface area contributed by atoms with Crippen molar-refractivity contribution in [1.29, 1.82) is 0 Å². The molecule has 2 aliphatic heterocycles. The molecule has 0 saturated carbocycles. The number of carbonyl (C=O) groups is 2. The van der Waals surface area contributed by atoms with Crippen LogP contribution in [0, 0.1) is 0 Å². The molecule has 1 atom stereocenters. The van der Waals surface area contributed by atoms with Crippen molar-refractivity contribution < 1.29 is 14.3 Å². The number of hydrogen-bond donors (Lipinski definition) is 3. The zero-order valence-corrected chi connectivity index (χ0v) is 11.6. The van der Waals surface area contributed by atoms with E-state index in [4.69, 9.17) is 10.5 Å². The number of nitrogens with one attached hydrogen (secondary N) is 2. The van der Waals surface area contributed by atoms with Crippen LogP contribution in [0.3, 0.4) is 0 Å². The Morgan fingerprint density at radius 2 is 2.33 bits per heavy atom. The van der Waals surface area contributed by atoms with Gasteiger partial charge in [0.2, 0.25) is 4.33 Å². The van der Waals surface area contributed by atoms with E-state index in [9.17, 15) is 9.59 Å². The van der Waals surface area contributed by atoms with Crippen LogP contribution in [-0.2, 0) is 9.53 Å². The summed E-state index contributed by atoms with van der Waals surface area (Å²) in [6.45, 7) is 2.53. The number of urea groups is 1. The third kappa shape index (κ3) is 2.13. The predicted octanol–water partition coefficient (Wildman–Crippen LogP) is -0.0293. The van der Waals surface area contributed by atoms with Crippen molar-refractivity contribution in [3.05, 3.63) is 10.6 Å². The molecule has 1 saturated heterocycles. The van der Waals surface area contributed by atoms with E-state index in [0.717, 1.165) is 12.3 Å². The lowest BCUT2D eigenvalue weighted by molar-refractivity contribution is -0.135. The van der Waals surface area contributed by atoms with Gasteiger partial charge in [0.15, 0.2) is 0 Å². The molecule has 0 aromatic heterocycles.